The van der Waals surface area contributed by atoms with E-state index < -0.39 is 5.60 Å². The number of hydrogen-bond donors (Lipinski definition) is 1. The van der Waals surface area contributed by atoms with Gasteiger partial charge in [-0.25, -0.2) is 4.79 Å². The van der Waals surface area contributed by atoms with Crippen molar-refractivity contribution in [3.8, 4) is 11.8 Å². The minimum absolute atomic E-state index is 0.150. The molecule has 6 heteroatoms. The summed E-state index contributed by atoms with van der Waals surface area (Å²) in [7, 11) is 0. The number of nitrogens with zero attached hydrogens (tertiary/aromatic N) is 2. The van der Waals surface area contributed by atoms with E-state index in [0.29, 0.717) is 13.1 Å². The molecular formula is C18H30N2O4. The summed E-state index contributed by atoms with van der Waals surface area (Å²) in [5.41, 5.74) is -0.811. The Morgan fingerprint density at radius 2 is 2.21 bits per heavy atom. The number of likely N-dealkylation sites (tertiary alicyclic amines) is 1. The van der Waals surface area contributed by atoms with Crippen LogP contribution in [0.5, 0.6) is 0 Å². The highest BCUT2D eigenvalue weighted by Crippen LogP contribution is 2.34. The minimum Gasteiger partial charge on any atom is -0.444 e. The minimum atomic E-state index is -0.505. The van der Waals surface area contributed by atoms with Gasteiger partial charge in [0.1, 0.15) is 12.3 Å². The van der Waals surface area contributed by atoms with E-state index in [1.54, 1.807) is 4.90 Å². The second kappa shape index (κ2) is 7.73. The molecule has 0 aromatic rings. The zero-order valence-corrected chi connectivity index (χ0v) is 15.3. The number of ether oxygens (including phenoxy) is 2. The molecule has 1 amide bonds. The fraction of sp³-hybridized carbons (Fsp3) is 0.833. The van der Waals surface area contributed by atoms with E-state index in [2.05, 4.69) is 16.7 Å². The Morgan fingerprint density at radius 3 is 2.75 bits per heavy atom. The number of aliphatic hydroxyl groups excluding tert-OH is 1. The van der Waals surface area contributed by atoms with Crippen molar-refractivity contribution in [2.24, 2.45) is 5.92 Å². The quantitative estimate of drug-likeness (QED) is 0.776. The zero-order valence-electron chi connectivity index (χ0n) is 15.3. The molecule has 2 aliphatic rings. The maximum absolute atomic E-state index is 12.2. The summed E-state index contributed by atoms with van der Waals surface area (Å²) >= 11 is 0. The lowest BCUT2D eigenvalue weighted by Crippen LogP contribution is -2.59. The van der Waals surface area contributed by atoms with E-state index in [9.17, 15) is 9.90 Å². The average Bonchev–Trinajstić information content (AvgIpc) is 2.51. The summed E-state index contributed by atoms with van der Waals surface area (Å²) in [6, 6.07) is 0. The molecule has 0 radical (unpaired) electrons. The lowest BCUT2D eigenvalue weighted by atomic mass is 9.82. The Hall–Kier alpha value is -1.29. The molecule has 0 aromatic heterocycles. The van der Waals surface area contributed by atoms with Crippen LogP contribution in [-0.4, -0.2) is 71.7 Å². The van der Waals surface area contributed by atoms with Crippen molar-refractivity contribution in [3.05, 3.63) is 0 Å². The van der Waals surface area contributed by atoms with Crippen LogP contribution in [0.15, 0.2) is 0 Å². The zero-order chi connectivity index (χ0) is 17.8. The SMILES string of the molecule is CC#CCN1CC(CO)CC2(CCN(C(=O)OC(C)(C)C)CO2)C1. The molecule has 1 N–H and O–H groups in total. The van der Waals surface area contributed by atoms with E-state index in [1.807, 2.05) is 27.7 Å². The smallest absolute Gasteiger partial charge is 0.412 e. The van der Waals surface area contributed by atoms with Crippen molar-refractivity contribution in [1.82, 2.24) is 9.80 Å². The lowest BCUT2D eigenvalue weighted by Gasteiger charge is -2.49. The third-order valence-electron chi connectivity index (χ3n) is 4.44. The van der Waals surface area contributed by atoms with Crippen LogP contribution in [-0.2, 0) is 9.47 Å². The van der Waals surface area contributed by atoms with Crippen LogP contribution in [0.2, 0.25) is 0 Å². The third kappa shape index (κ3) is 5.10. The van der Waals surface area contributed by atoms with Gasteiger partial charge in [-0.1, -0.05) is 5.92 Å². The molecule has 6 nitrogen and oxygen atoms in total. The normalized spacial score (nSPS) is 28.4. The molecule has 2 aliphatic heterocycles. The van der Waals surface area contributed by atoms with E-state index in [0.717, 1.165) is 25.9 Å². The molecule has 2 fully saturated rings. The van der Waals surface area contributed by atoms with Crippen LogP contribution in [0, 0.1) is 17.8 Å². The molecule has 0 bridgehead atoms. The number of piperidine rings is 1. The van der Waals surface area contributed by atoms with Gasteiger partial charge in [0, 0.05) is 26.2 Å². The second-order valence-corrected chi connectivity index (χ2v) is 7.80. The number of amides is 1. The Morgan fingerprint density at radius 1 is 1.46 bits per heavy atom. The van der Waals surface area contributed by atoms with Crippen molar-refractivity contribution in [2.45, 2.75) is 51.7 Å². The molecule has 0 aliphatic carbocycles. The van der Waals surface area contributed by atoms with Crippen LogP contribution in [0.1, 0.15) is 40.5 Å². The van der Waals surface area contributed by atoms with Gasteiger partial charge in [-0.15, -0.1) is 5.92 Å². The van der Waals surface area contributed by atoms with Crippen molar-refractivity contribution in [2.75, 3.05) is 39.5 Å². The highest BCUT2D eigenvalue weighted by Gasteiger charge is 2.44. The molecule has 2 rings (SSSR count). The summed E-state index contributed by atoms with van der Waals surface area (Å²) in [5, 5.41) is 9.61. The van der Waals surface area contributed by atoms with Gasteiger partial charge in [0.05, 0.1) is 12.1 Å². The summed E-state index contributed by atoms with van der Waals surface area (Å²) in [6.45, 7) is 10.7. The molecule has 2 heterocycles. The highest BCUT2D eigenvalue weighted by atomic mass is 16.6. The number of hydrogen-bond acceptors (Lipinski definition) is 5. The van der Waals surface area contributed by atoms with Gasteiger partial charge < -0.3 is 14.6 Å². The fourth-order valence-corrected chi connectivity index (χ4v) is 3.37. The third-order valence-corrected chi connectivity index (χ3v) is 4.44. The molecule has 1 spiro atoms. The molecule has 0 aromatic carbocycles. The summed E-state index contributed by atoms with van der Waals surface area (Å²) in [4.78, 5) is 16.0. The Kier molecular flexibility index (Phi) is 6.13. The first-order chi connectivity index (χ1) is 11.3. The number of carbonyl (C=O) groups is 1. The summed E-state index contributed by atoms with van der Waals surface area (Å²) in [6.07, 6.45) is 1.24. The van der Waals surface area contributed by atoms with Gasteiger partial charge in [0.2, 0.25) is 0 Å². The van der Waals surface area contributed by atoms with Gasteiger partial charge in [0.25, 0.3) is 0 Å². The van der Waals surface area contributed by atoms with Crippen LogP contribution in [0.4, 0.5) is 4.79 Å². The van der Waals surface area contributed by atoms with Gasteiger partial charge in [-0.2, -0.15) is 0 Å². The molecule has 24 heavy (non-hydrogen) atoms. The summed E-state index contributed by atoms with van der Waals surface area (Å²) in [5.74, 6) is 6.20. The maximum Gasteiger partial charge on any atom is 0.412 e. The second-order valence-electron chi connectivity index (χ2n) is 7.80. The number of rotatable bonds is 2. The van der Waals surface area contributed by atoms with Gasteiger partial charge in [0.15, 0.2) is 0 Å². The molecule has 136 valence electrons. The monoisotopic (exact) mass is 338 g/mol. The van der Waals surface area contributed by atoms with Crippen LogP contribution in [0.25, 0.3) is 0 Å². The van der Waals surface area contributed by atoms with Crippen molar-refractivity contribution >= 4 is 6.09 Å². The van der Waals surface area contributed by atoms with Gasteiger partial charge >= 0.3 is 6.09 Å². The molecular weight excluding hydrogens is 308 g/mol. The van der Waals surface area contributed by atoms with Crippen molar-refractivity contribution < 1.29 is 19.4 Å². The van der Waals surface area contributed by atoms with E-state index in [4.69, 9.17) is 9.47 Å². The molecule has 0 saturated carbocycles. The number of aliphatic hydroxyl groups is 1. The average molecular weight is 338 g/mol. The van der Waals surface area contributed by atoms with E-state index >= 15 is 0 Å². The number of carbonyl (C=O) groups excluding carboxylic acids is 1. The predicted octanol–water partition coefficient (Wildman–Crippen LogP) is 1.68. The van der Waals surface area contributed by atoms with Crippen LogP contribution >= 0.6 is 0 Å². The predicted molar refractivity (Wildman–Crippen MR) is 91.3 cm³/mol. The first-order valence-electron chi connectivity index (χ1n) is 8.62. The first-order valence-corrected chi connectivity index (χ1v) is 8.62. The topological polar surface area (TPSA) is 62.2 Å². The van der Waals surface area contributed by atoms with Crippen LogP contribution in [0.3, 0.4) is 0 Å². The van der Waals surface area contributed by atoms with Crippen molar-refractivity contribution in [1.29, 1.82) is 0 Å². The standard InChI is InChI=1S/C18H30N2O4/c1-5-6-8-19-11-15(12-21)10-18(13-19)7-9-20(14-23-18)16(22)24-17(2,3)4/h15,21H,7-14H2,1-4H3. The Bertz CT molecular complexity index is 495. The van der Waals surface area contributed by atoms with E-state index in [1.165, 1.54) is 0 Å². The lowest BCUT2D eigenvalue weighted by molar-refractivity contribution is -0.169. The highest BCUT2D eigenvalue weighted by molar-refractivity contribution is 5.68. The van der Waals surface area contributed by atoms with Crippen LogP contribution < -0.4 is 0 Å². The molecule has 2 unspecified atom stereocenters. The van der Waals surface area contributed by atoms with Crippen molar-refractivity contribution in [3.63, 3.8) is 0 Å². The fourth-order valence-electron chi connectivity index (χ4n) is 3.37. The molecule has 2 saturated heterocycles. The Labute approximate surface area is 145 Å². The summed E-state index contributed by atoms with van der Waals surface area (Å²) < 4.78 is 11.5. The van der Waals surface area contributed by atoms with Gasteiger partial charge in [-0.05, 0) is 46.5 Å². The maximum atomic E-state index is 12.2. The largest absolute Gasteiger partial charge is 0.444 e. The van der Waals surface area contributed by atoms with E-state index in [-0.39, 0.29) is 30.9 Å². The molecule has 2 atom stereocenters. The van der Waals surface area contributed by atoms with Gasteiger partial charge in [-0.3, -0.25) is 9.80 Å². The first kappa shape index (κ1) is 19.0. The Balaban J connectivity index is 1.96.